The van der Waals surface area contributed by atoms with Crippen LogP contribution < -0.4 is 5.73 Å². The second-order valence-corrected chi connectivity index (χ2v) is 4.72. The molecule has 0 aromatic rings. The minimum atomic E-state index is -0.162. The van der Waals surface area contributed by atoms with Crippen molar-refractivity contribution in [2.75, 3.05) is 59.3 Å². The molecule has 2 N–H and O–H groups in total. The highest BCUT2D eigenvalue weighted by Crippen LogP contribution is 2.14. The zero-order valence-electron chi connectivity index (χ0n) is 13.1. The summed E-state index contributed by atoms with van der Waals surface area (Å²) in [5.41, 5.74) is 5.79. The topological polar surface area (TPSA) is 57.0 Å². The van der Waals surface area contributed by atoms with Crippen molar-refractivity contribution in [1.29, 1.82) is 0 Å². The van der Waals surface area contributed by atoms with E-state index < -0.39 is 0 Å². The van der Waals surface area contributed by atoms with E-state index in [0.717, 1.165) is 26.3 Å². The molecule has 0 amide bonds. The number of hydrogen-bond acceptors (Lipinski definition) is 5. The lowest BCUT2D eigenvalue weighted by Crippen LogP contribution is -2.56. The van der Waals surface area contributed by atoms with Gasteiger partial charge in [-0.15, -0.1) is 0 Å². The average molecular weight is 276 g/mol. The van der Waals surface area contributed by atoms with E-state index in [1.165, 1.54) is 0 Å². The molecule has 1 unspecified atom stereocenters. The van der Waals surface area contributed by atoms with E-state index in [-0.39, 0.29) is 5.54 Å². The number of ether oxygens (including phenoxy) is 3. The third-order valence-corrected chi connectivity index (χ3v) is 3.24. The summed E-state index contributed by atoms with van der Waals surface area (Å²) >= 11 is 0. The Labute approximate surface area is 118 Å². The molecule has 0 rings (SSSR count). The lowest BCUT2D eigenvalue weighted by Gasteiger charge is -2.40. The molecule has 0 aromatic carbocycles. The number of rotatable bonds is 13. The van der Waals surface area contributed by atoms with Crippen LogP contribution in [0.3, 0.4) is 0 Å². The van der Waals surface area contributed by atoms with Gasteiger partial charge < -0.3 is 19.9 Å². The van der Waals surface area contributed by atoms with Crippen LogP contribution in [0.25, 0.3) is 0 Å². The zero-order chi connectivity index (χ0) is 14.6. The number of hydrogen-bond donors (Lipinski definition) is 1. The monoisotopic (exact) mass is 276 g/mol. The first-order chi connectivity index (χ1) is 9.14. The standard InChI is InChI=1S/C14H32N2O3/c1-5-17-10-8-16(9-11-18-6-2)14(4,12-15)13-19-7-3/h5-13,15H2,1-4H3. The van der Waals surface area contributed by atoms with Crippen LogP contribution in [-0.4, -0.2) is 69.7 Å². The molecule has 0 fully saturated rings. The van der Waals surface area contributed by atoms with Gasteiger partial charge in [0.05, 0.1) is 25.4 Å². The smallest absolute Gasteiger partial charge is 0.0659 e. The van der Waals surface area contributed by atoms with Crippen molar-refractivity contribution in [3.05, 3.63) is 0 Å². The first-order valence-electron chi connectivity index (χ1n) is 7.32. The molecule has 0 spiro atoms. The third kappa shape index (κ3) is 7.84. The van der Waals surface area contributed by atoms with E-state index in [9.17, 15) is 0 Å². The predicted molar refractivity (Wildman–Crippen MR) is 78.5 cm³/mol. The molecule has 0 saturated heterocycles. The largest absolute Gasteiger partial charge is 0.380 e. The van der Waals surface area contributed by atoms with Crippen molar-refractivity contribution >= 4 is 0 Å². The Kier molecular flexibility index (Phi) is 11.5. The van der Waals surface area contributed by atoms with Crippen molar-refractivity contribution < 1.29 is 14.2 Å². The molecule has 0 aromatic heterocycles. The molecule has 0 aliphatic heterocycles. The lowest BCUT2D eigenvalue weighted by atomic mass is 10.0. The number of nitrogens with two attached hydrogens (primary N) is 1. The summed E-state index contributed by atoms with van der Waals surface area (Å²) in [5, 5.41) is 0. The van der Waals surface area contributed by atoms with Crippen LogP contribution in [0.2, 0.25) is 0 Å². The number of nitrogens with zero attached hydrogens (tertiary/aromatic N) is 1. The highest BCUT2D eigenvalue weighted by molar-refractivity contribution is 4.87. The van der Waals surface area contributed by atoms with Crippen molar-refractivity contribution in [3.63, 3.8) is 0 Å². The van der Waals surface area contributed by atoms with Crippen LogP contribution in [0, 0.1) is 0 Å². The quantitative estimate of drug-likeness (QED) is 0.511. The van der Waals surface area contributed by atoms with Gasteiger partial charge in [0.1, 0.15) is 0 Å². The predicted octanol–water partition coefficient (Wildman–Crippen LogP) is 1.12. The SMILES string of the molecule is CCOCCN(CCOCC)C(C)(CN)COCC. The molecule has 0 aliphatic carbocycles. The molecule has 0 bridgehead atoms. The van der Waals surface area contributed by atoms with E-state index in [4.69, 9.17) is 19.9 Å². The highest BCUT2D eigenvalue weighted by Gasteiger charge is 2.30. The molecule has 5 nitrogen and oxygen atoms in total. The maximum absolute atomic E-state index is 5.95. The summed E-state index contributed by atoms with van der Waals surface area (Å²) < 4.78 is 16.5. The fraction of sp³-hybridized carbons (Fsp3) is 1.00. The summed E-state index contributed by atoms with van der Waals surface area (Å²) in [4.78, 5) is 2.31. The summed E-state index contributed by atoms with van der Waals surface area (Å²) in [5.74, 6) is 0. The molecular weight excluding hydrogens is 244 g/mol. The van der Waals surface area contributed by atoms with Gasteiger partial charge in [0.15, 0.2) is 0 Å². The molecule has 116 valence electrons. The van der Waals surface area contributed by atoms with Crippen molar-refractivity contribution in [2.45, 2.75) is 33.2 Å². The van der Waals surface area contributed by atoms with Gasteiger partial charge in [-0.2, -0.15) is 0 Å². The minimum absolute atomic E-state index is 0.162. The Hall–Kier alpha value is -0.200. The van der Waals surface area contributed by atoms with Gasteiger partial charge in [-0.05, 0) is 27.7 Å². The van der Waals surface area contributed by atoms with Gasteiger partial charge in [-0.25, -0.2) is 0 Å². The van der Waals surface area contributed by atoms with Crippen LogP contribution >= 0.6 is 0 Å². The van der Waals surface area contributed by atoms with E-state index in [1.54, 1.807) is 0 Å². The van der Waals surface area contributed by atoms with E-state index in [2.05, 4.69) is 11.8 Å². The minimum Gasteiger partial charge on any atom is -0.380 e. The second kappa shape index (κ2) is 11.6. The van der Waals surface area contributed by atoms with Crippen LogP contribution in [0.15, 0.2) is 0 Å². The van der Waals surface area contributed by atoms with Gasteiger partial charge in [0.2, 0.25) is 0 Å². The molecule has 0 heterocycles. The van der Waals surface area contributed by atoms with Crippen LogP contribution in [0.5, 0.6) is 0 Å². The Morgan fingerprint density at radius 1 is 0.895 bits per heavy atom. The normalized spacial score (nSPS) is 14.8. The Morgan fingerprint density at radius 2 is 1.37 bits per heavy atom. The molecule has 0 radical (unpaired) electrons. The van der Waals surface area contributed by atoms with Gasteiger partial charge in [0, 0.05) is 39.5 Å². The Bertz CT molecular complexity index is 195. The first kappa shape index (κ1) is 18.8. The van der Waals surface area contributed by atoms with Gasteiger partial charge >= 0.3 is 0 Å². The second-order valence-electron chi connectivity index (χ2n) is 4.72. The van der Waals surface area contributed by atoms with Gasteiger partial charge in [-0.3, -0.25) is 4.90 Å². The van der Waals surface area contributed by atoms with Gasteiger partial charge in [-0.1, -0.05) is 0 Å². The summed E-state index contributed by atoms with van der Waals surface area (Å²) in [6.45, 7) is 14.7. The first-order valence-corrected chi connectivity index (χ1v) is 7.32. The van der Waals surface area contributed by atoms with Crippen LogP contribution in [-0.2, 0) is 14.2 Å². The zero-order valence-corrected chi connectivity index (χ0v) is 13.1. The fourth-order valence-corrected chi connectivity index (χ4v) is 1.89. The van der Waals surface area contributed by atoms with Crippen molar-refractivity contribution in [1.82, 2.24) is 4.90 Å². The fourth-order valence-electron chi connectivity index (χ4n) is 1.89. The van der Waals surface area contributed by atoms with E-state index in [1.807, 2.05) is 20.8 Å². The average Bonchev–Trinajstić information content (AvgIpc) is 2.43. The molecule has 5 heteroatoms. The Morgan fingerprint density at radius 3 is 1.74 bits per heavy atom. The van der Waals surface area contributed by atoms with Crippen molar-refractivity contribution in [2.24, 2.45) is 5.73 Å². The highest BCUT2D eigenvalue weighted by atomic mass is 16.5. The third-order valence-electron chi connectivity index (χ3n) is 3.24. The lowest BCUT2D eigenvalue weighted by molar-refractivity contribution is -0.0179. The summed E-state index contributed by atoms with van der Waals surface area (Å²) in [6.07, 6.45) is 0. The van der Waals surface area contributed by atoms with Crippen molar-refractivity contribution in [3.8, 4) is 0 Å². The van der Waals surface area contributed by atoms with Crippen LogP contribution in [0.4, 0.5) is 0 Å². The maximum atomic E-state index is 5.95. The van der Waals surface area contributed by atoms with E-state index >= 15 is 0 Å². The molecule has 1 atom stereocenters. The molecule has 19 heavy (non-hydrogen) atoms. The molecule has 0 saturated carbocycles. The summed E-state index contributed by atoms with van der Waals surface area (Å²) in [7, 11) is 0. The molecular formula is C14H32N2O3. The van der Waals surface area contributed by atoms with Crippen LogP contribution in [0.1, 0.15) is 27.7 Å². The van der Waals surface area contributed by atoms with Gasteiger partial charge in [0.25, 0.3) is 0 Å². The summed E-state index contributed by atoms with van der Waals surface area (Å²) in [6, 6.07) is 0. The van der Waals surface area contributed by atoms with E-state index in [0.29, 0.717) is 33.0 Å². The maximum Gasteiger partial charge on any atom is 0.0659 e. The Balaban J connectivity index is 4.44. The molecule has 0 aliphatic rings.